The number of benzene rings is 1. The Bertz CT molecular complexity index is 281. The first-order chi connectivity index (χ1) is 5.20. The molecule has 0 heterocycles. The second-order valence-corrected chi connectivity index (χ2v) is 6.23. The van der Waals surface area contributed by atoms with Crippen LogP contribution in [-0.4, -0.2) is 30.9 Å². The van der Waals surface area contributed by atoms with Crippen molar-refractivity contribution in [1.82, 2.24) is 0 Å². The van der Waals surface area contributed by atoms with E-state index in [-0.39, 0.29) is 0 Å². The van der Waals surface area contributed by atoms with Gasteiger partial charge in [0.25, 0.3) is 0 Å². The van der Waals surface area contributed by atoms with Crippen LogP contribution >= 0.6 is 0 Å². The van der Waals surface area contributed by atoms with Crippen molar-refractivity contribution in [2.24, 2.45) is 0 Å². The van der Waals surface area contributed by atoms with Gasteiger partial charge in [0.05, 0.1) is 0 Å². The van der Waals surface area contributed by atoms with Gasteiger partial charge < -0.3 is 0 Å². The summed E-state index contributed by atoms with van der Waals surface area (Å²) in [4.78, 5) is 0. The number of hydrogen-bond donors (Lipinski definition) is 1. The van der Waals surface area contributed by atoms with Crippen molar-refractivity contribution in [3.63, 3.8) is 0 Å². The third-order valence-corrected chi connectivity index (χ3v) is 4.24. The van der Waals surface area contributed by atoms with Crippen molar-refractivity contribution in [1.29, 1.82) is 0 Å². The molecule has 1 N–H and O–H groups in total. The van der Waals surface area contributed by atoms with E-state index >= 15 is 0 Å². The van der Waals surface area contributed by atoms with Crippen LogP contribution in [0, 0.1) is 0 Å². The van der Waals surface area contributed by atoms with Crippen LogP contribution in [0.2, 0.25) is 0 Å². The number of rotatable bonds is 0. The van der Waals surface area contributed by atoms with Gasteiger partial charge in [-0.05, 0) is 0 Å². The van der Waals surface area contributed by atoms with Crippen LogP contribution in [0.5, 0.6) is 0 Å². The van der Waals surface area contributed by atoms with E-state index < -0.39 is 3.16 Å². The Hall–Kier alpha value is 0.102. The molecule has 1 atom stereocenters. The average Bonchev–Trinajstić information content (AvgIpc) is 2.29. The summed E-state index contributed by atoms with van der Waals surface area (Å²) in [5.41, 5.74) is 2.51. The fraction of sp³-hybridized carbons (Fsp3) is 0.333. The van der Waals surface area contributed by atoms with Gasteiger partial charge in [0.15, 0.2) is 0 Å². The molecular formula is C9H9OPb. The van der Waals surface area contributed by atoms with Crippen LogP contribution < -0.4 is 0 Å². The quantitative estimate of drug-likeness (QED) is 0.697. The van der Waals surface area contributed by atoms with Crippen molar-refractivity contribution in [3.05, 3.63) is 35.4 Å². The van der Waals surface area contributed by atoms with Crippen LogP contribution in [0.3, 0.4) is 0 Å². The first-order valence-electron chi connectivity index (χ1n) is 3.76. The van der Waals surface area contributed by atoms with E-state index in [4.69, 9.17) is 0 Å². The molecule has 1 aliphatic rings. The summed E-state index contributed by atoms with van der Waals surface area (Å²) in [5.74, 6) is 0. The zero-order chi connectivity index (χ0) is 7.90. The second kappa shape index (κ2) is 2.55. The van der Waals surface area contributed by atoms with Gasteiger partial charge in [0.1, 0.15) is 0 Å². The Labute approximate surface area is 82.1 Å². The molecule has 2 heteroatoms. The Kier molecular flexibility index (Phi) is 1.80. The van der Waals surface area contributed by atoms with Gasteiger partial charge in [-0.15, -0.1) is 0 Å². The molecule has 1 aromatic rings. The first kappa shape index (κ1) is 7.74. The minimum absolute atomic E-state index is 0.434. The molecule has 0 saturated heterocycles. The van der Waals surface area contributed by atoms with E-state index in [1.807, 2.05) is 12.1 Å². The fourth-order valence-electron chi connectivity index (χ4n) is 1.59. The normalized spacial score (nSPS) is 28.5. The summed E-state index contributed by atoms with van der Waals surface area (Å²) in [6, 6.07) is 8.22. The van der Waals surface area contributed by atoms with Crippen LogP contribution in [0.15, 0.2) is 24.3 Å². The van der Waals surface area contributed by atoms with Crippen molar-refractivity contribution < 1.29 is 5.11 Å². The predicted molar refractivity (Wildman–Crippen MR) is 44.4 cm³/mol. The Morgan fingerprint density at radius 3 is 2.82 bits per heavy atom. The molecule has 2 rings (SSSR count). The van der Waals surface area contributed by atoms with E-state index in [0.717, 1.165) is 38.6 Å². The molecule has 1 unspecified atom stereocenters. The van der Waals surface area contributed by atoms with Crippen molar-refractivity contribution in [2.75, 3.05) is 0 Å². The molecule has 0 fully saturated rings. The fourth-order valence-corrected chi connectivity index (χ4v) is 3.03. The zero-order valence-corrected chi connectivity index (χ0v) is 10.1. The Morgan fingerprint density at radius 1 is 1.36 bits per heavy atom. The van der Waals surface area contributed by atoms with Crippen molar-refractivity contribution in [3.8, 4) is 0 Å². The van der Waals surface area contributed by atoms with E-state index in [1.165, 1.54) is 11.1 Å². The minimum atomic E-state index is -0.434. The topological polar surface area (TPSA) is 20.2 Å². The molecular weight excluding hydrogens is 331 g/mol. The van der Waals surface area contributed by atoms with Crippen molar-refractivity contribution >= 4 is 25.8 Å². The molecule has 0 bridgehead atoms. The molecule has 0 aromatic heterocycles. The second-order valence-electron chi connectivity index (χ2n) is 3.02. The summed E-state index contributed by atoms with van der Waals surface area (Å²) in [6.45, 7) is 0. The van der Waals surface area contributed by atoms with Crippen LogP contribution in [0.4, 0.5) is 0 Å². The van der Waals surface area contributed by atoms with Gasteiger partial charge >= 0.3 is 82.3 Å². The number of aliphatic hydroxyl groups is 1. The zero-order valence-electron chi connectivity index (χ0n) is 6.17. The predicted octanol–water partition coefficient (Wildman–Crippen LogP) is 0.946. The SMILES string of the molecule is O[C]1([Pb])CCc2ccccc21. The third-order valence-electron chi connectivity index (χ3n) is 2.22. The Morgan fingerprint density at radius 2 is 2.09 bits per heavy atom. The number of fused-ring (bicyclic) bond motifs is 1. The molecule has 0 amide bonds. The Balaban J connectivity index is 2.56. The molecule has 1 aliphatic carbocycles. The first-order valence-corrected chi connectivity index (χ1v) is 5.70. The van der Waals surface area contributed by atoms with Crippen molar-refractivity contribution in [2.45, 2.75) is 16.0 Å². The molecule has 0 saturated carbocycles. The van der Waals surface area contributed by atoms with Gasteiger partial charge in [0, 0.05) is 0 Å². The van der Waals surface area contributed by atoms with Crippen LogP contribution in [0.1, 0.15) is 17.5 Å². The molecule has 0 aliphatic heterocycles. The summed E-state index contributed by atoms with van der Waals surface area (Å²) in [5, 5.41) is 9.91. The summed E-state index contributed by atoms with van der Waals surface area (Å²) in [7, 11) is 0. The van der Waals surface area contributed by atoms with Crippen LogP contribution in [-0.2, 0) is 9.58 Å². The molecule has 3 radical (unpaired) electrons. The maximum atomic E-state index is 9.91. The van der Waals surface area contributed by atoms with E-state index in [9.17, 15) is 5.11 Å². The van der Waals surface area contributed by atoms with Crippen LogP contribution in [0.25, 0.3) is 0 Å². The van der Waals surface area contributed by atoms with Gasteiger partial charge in [-0.1, -0.05) is 0 Å². The standard InChI is InChI=1S/C9H9O.Pb/c10-9-6-5-7-3-1-2-4-8(7)9;/h1-4,10H,5-6H2;. The van der Waals surface area contributed by atoms with E-state index in [0.29, 0.717) is 0 Å². The third kappa shape index (κ3) is 1.24. The molecule has 1 nitrogen and oxygen atoms in total. The van der Waals surface area contributed by atoms with E-state index in [2.05, 4.69) is 12.1 Å². The van der Waals surface area contributed by atoms with Gasteiger partial charge in [0.2, 0.25) is 0 Å². The average molecular weight is 340 g/mol. The molecule has 11 heavy (non-hydrogen) atoms. The number of aryl methyl sites for hydroxylation is 1. The molecule has 0 spiro atoms. The summed E-state index contributed by atoms with van der Waals surface area (Å²) in [6.07, 6.45) is 1.98. The summed E-state index contributed by atoms with van der Waals surface area (Å²) < 4.78 is -0.434. The van der Waals surface area contributed by atoms with Gasteiger partial charge in [-0.2, -0.15) is 0 Å². The van der Waals surface area contributed by atoms with E-state index in [1.54, 1.807) is 0 Å². The van der Waals surface area contributed by atoms with Gasteiger partial charge in [-0.25, -0.2) is 0 Å². The van der Waals surface area contributed by atoms with Gasteiger partial charge in [-0.3, -0.25) is 0 Å². The molecule has 1 aromatic carbocycles. The number of hydrogen-bond acceptors (Lipinski definition) is 1. The monoisotopic (exact) mass is 341 g/mol. The summed E-state index contributed by atoms with van der Waals surface area (Å²) >= 11 is 0.844. The molecule has 55 valence electrons. The maximum absolute atomic E-state index is 9.91.